The second-order valence-corrected chi connectivity index (χ2v) is 4.10. The number of hydrogen-bond donors (Lipinski definition) is 1. The van der Waals surface area contributed by atoms with Crippen LogP contribution in [-0.2, 0) is 14.3 Å². The van der Waals surface area contributed by atoms with Gasteiger partial charge < -0.3 is 14.6 Å². The summed E-state index contributed by atoms with van der Waals surface area (Å²) in [6.07, 6.45) is 1.05. The molecule has 0 aliphatic carbocycles. The minimum atomic E-state index is -0.525. The fourth-order valence-electron chi connectivity index (χ4n) is 1.78. The number of likely N-dealkylation sites (tertiary alicyclic amines) is 1. The lowest BCUT2D eigenvalue weighted by molar-refractivity contribution is -0.122. The van der Waals surface area contributed by atoms with Gasteiger partial charge in [-0.3, -0.25) is 9.69 Å². The summed E-state index contributed by atoms with van der Waals surface area (Å²) >= 11 is 0. The number of aliphatic hydroxyl groups is 1. The first-order valence-electron chi connectivity index (χ1n) is 5.71. The number of rotatable bonds is 7. The number of aliphatic hydroxyl groups excluding tert-OH is 1. The quantitative estimate of drug-likeness (QED) is 0.608. The summed E-state index contributed by atoms with van der Waals surface area (Å²) in [5.74, 6) is 0.263. The Kier molecular flexibility index (Phi) is 6.56. The molecule has 0 aromatic heterocycles. The highest BCUT2D eigenvalue weighted by atomic mass is 16.5. The van der Waals surface area contributed by atoms with Gasteiger partial charge in [-0.15, -0.1) is 0 Å². The predicted octanol–water partition coefficient (Wildman–Crippen LogP) is -0.325. The Bertz CT molecular complexity index is 210. The molecular weight excluding hydrogens is 210 g/mol. The van der Waals surface area contributed by atoms with Gasteiger partial charge in [0.05, 0.1) is 32.5 Å². The first-order valence-corrected chi connectivity index (χ1v) is 5.71. The Hall–Kier alpha value is -0.490. The van der Waals surface area contributed by atoms with Gasteiger partial charge in [0.1, 0.15) is 5.78 Å². The van der Waals surface area contributed by atoms with Crippen LogP contribution < -0.4 is 0 Å². The lowest BCUT2D eigenvalue weighted by atomic mass is 10.1. The normalized spacial score (nSPS) is 20.0. The second-order valence-electron chi connectivity index (χ2n) is 4.10. The zero-order valence-corrected chi connectivity index (χ0v) is 9.85. The highest BCUT2D eigenvalue weighted by molar-refractivity contribution is 5.81. The van der Waals surface area contributed by atoms with Gasteiger partial charge in [0.25, 0.3) is 0 Å². The average molecular weight is 231 g/mol. The van der Waals surface area contributed by atoms with E-state index in [0.29, 0.717) is 39.3 Å². The maximum atomic E-state index is 11.2. The molecule has 5 heteroatoms. The summed E-state index contributed by atoms with van der Waals surface area (Å²) in [4.78, 5) is 13.2. The summed E-state index contributed by atoms with van der Waals surface area (Å²) in [6.45, 7) is 3.20. The monoisotopic (exact) mass is 231 g/mol. The standard InChI is InChI=1S/C11H21NO4/c1-15-5-6-16-9-11(14)8-12-4-2-3-10(13)7-12/h11,14H,2-9H2,1H3. The van der Waals surface area contributed by atoms with Crippen LogP contribution >= 0.6 is 0 Å². The van der Waals surface area contributed by atoms with Gasteiger partial charge in [-0.05, 0) is 13.0 Å². The molecule has 0 radical (unpaired) electrons. The molecule has 1 heterocycles. The van der Waals surface area contributed by atoms with Crippen LogP contribution in [0.4, 0.5) is 0 Å². The molecule has 1 N–H and O–H groups in total. The molecule has 0 aromatic carbocycles. The minimum Gasteiger partial charge on any atom is -0.389 e. The number of β-amino-alcohol motifs (C(OH)–C–C–N with tert-alkyl or cyclic N) is 1. The number of hydrogen-bond acceptors (Lipinski definition) is 5. The van der Waals surface area contributed by atoms with Crippen molar-refractivity contribution < 1.29 is 19.4 Å². The summed E-state index contributed by atoms with van der Waals surface area (Å²) in [7, 11) is 1.61. The van der Waals surface area contributed by atoms with Gasteiger partial charge >= 0.3 is 0 Å². The van der Waals surface area contributed by atoms with Crippen LogP contribution in [0.15, 0.2) is 0 Å². The van der Waals surface area contributed by atoms with E-state index < -0.39 is 6.10 Å². The third kappa shape index (κ3) is 5.55. The average Bonchev–Trinajstić information content (AvgIpc) is 2.24. The number of carbonyl (C=O) groups is 1. The fourth-order valence-corrected chi connectivity index (χ4v) is 1.78. The molecule has 0 saturated carbocycles. The van der Waals surface area contributed by atoms with Crippen molar-refractivity contribution in [2.24, 2.45) is 0 Å². The van der Waals surface area contributed by atoms with Crippen LogP contribution in [0.25, 0.3) is 0 Å². The van der Waals surface area contributed by atoms with E-state index in [1.54, 1.807) is 7.11 Å². The number of piperidine rings is 1. The first-order chi connectivity index (χ1) is 7.72. The van der Waals surface area contributed by atoms with E-state index in [4.69, 9.17) is 9.47 Å². The smallest absolute Gasteiger partial charge is 0.146 e. The molecule has 1 unspecified atom stereocenters. The number of ketones is 1. The Labute approximate surface area is 96.3 Å². The van der Waals surface area contributed by atoms with Crippen molar-refractivity contribution in [1.29, 1.82) is 0 Å². The molecule has 0 aromatic rings. The molecule has 94 valence electrons. The number of ether oxygens (including phenoxy) is 2. The zero-order chi connectivity index (χ0) is 11.8. The Balaban J connectivity index is 2.08. The van der Waals surface area contributed by atoms with Gasteiger partial charge in [-0.2, -0.15) is 0 Å². The van der Waals surface area contributed by atoms with Crippen molar-refractivity contribution >= 4 is 5.78 Å². The number of methoxy groups -OCH3 is 1. The van der Waals surface area contributed by atoms with Gasteiger partial charge in [0, 0.05) is 20.1 Å². The van der Waals surface area contributed by atoms with E-state index in [2.05, 4.69) is 0 Å². The van der Waals surface area contributed by atoms with Crippen molar-refractivity contribution in [2.45, 2.75) is 18.9 Å². The largest absolute Gasteiger partial charge is 0.389 e. The SMILES string of the molecule is COCCOCC(O)CN1CCCC(=O)C1. The van der Waals surface area contributed by atoms with Crippen molar-refractivity contribution in [1.82, 2.24) is 4.90 Å². The Morgan fingerprint density at radius 3 is 3.00 bits per heavy atom. The maximum absolute atomic E-state index is 11.2. The first kappa shape index (κ1) is 13.6. The van der Waals surface area contributed by atoms with Crippen LogP contribution in [0.1, 0.15) is 12.8 Å². The topological polar surface area (TPSA) is 59.0 Å². The highest BCUT2D eigenvalue weighted by Gasteiger charge is 2.19. The molecule has 1 aliphatic heterocycles. The Morgan fingerprint density at radius 1 is 1.50 bits per heavy atom. The third-order valence-corrected chi connectivity index (χ3v) is 2.54. The third-order valence-electron chi connectivity index (χ3n) is 2.54. The number of carbonyl (C=O) groups excluding carboxylic acids is 1. The van der Waals surface area contributed by atoms with Crippen molar-refractivity contribution in [2.75, 3.05) is 46.6 Å². The molecule has 1 fully saturated rings. The second kappa shape index (κ2) is 7.73. The van der Waals surface area contributed by atoms with E-state index >= 15 is 0 Å². The summed E-state index contributed by atoms with van der Waals surface area (Å²) < 4.78 is 10.0. The molecule has 5 nitrogen and oxygen atoms in total. The summed E-state index contributed by atoms with van der Waals surface area (Å²) in [5.41, 5.74) is 0. The van der Waals surface area contributed by atoms with Crippen LogP contribution in [0.5, 0.6) is 0 Å². The van der Waals surface area contributed by atoms with E-state index in [-0.39, 0.29) is 5.78 Å². The molecule has 1 aliphatic rings. The fraction of sp³-hybridized carbons (Fsp3) is 0.909. The van der Waals surface area contributed by atoms with Crippen LogP contribution in [0.3, 0.4) is 0 Å². The van der Waals surface area contributed by atoms with Crippen LogP contribution in [-0.4, -0.2) is 68.5 Å². The summed E-state index contributed by atoms with van der Waals surface area (Å²) in [6, 6.07) is 0. The van der Waals surface area contributed by atoms with Gasteiger partial charge in [0.2, 0.25) is 0 Å². The molecule has 0 bridgehead atoms. The van der Waals surface area contributed by atoms with Crippen LogP contribution in [0, 0.1) is 0 Å². The summed E-state index contributed by atoms with van der Waals surface area (Å²) in [5, 5.41) is 9.67. The van der Waals surface area contributed by atoms with Crippen LogP contribution in [0.2, 0.25) is 0 Å². The van der Waals surface area contributed by atoms with Gasteiger partial charge in [-0.25, -0.2) is 0 Å². The maximum Gasteiger partial charge on any atom is 0.146 e. The van der Waals surface area contributed by atoms with E-state index in [9.17, 15) is 9.90 Å². The predicted molar refractivity (Wildman–Crippen MR) is 59.4 cm³/mol. The van der Waals surface area contributed by atoms with Gasteiger partial charge in [0.15, 0.2) is 0 Å². The molecule has 16 heavy (non-hydrogen) atoms. The van der Waals surface area contributed by atoms with Crippen molar-refractivity contribution in [3.05, 3.63) is 0 Å². The molecule has 1 rings (SSSR count). The number of Topliss-reactive ketones (excluding diaryl/α,β-unsaturated/α-hetero) is 1. The van der Waals surface area contributed by atoms with E-state index in [1.807, 2.05) is 4.90 Å². The lowest BCUT2D eigenvalue weighted by Gasteiger charge is -2.27. The van der Waals surface area contributed by atoms with Gasteiger partial charge in [-0.1, -0.05) is 0 Å². The van der Waals surface area contributed by atoms with Crippen molar-refractivity contribution in [3.8, 4) is 0 Å². The molecule has 0 spiro atoms. The molecule has 0 amide bonds. The molecular formula is C11H21NO4. The molecule has 1 saturated heterocycles. The molecule has 1 atom stereocenters. The number of nitrogens with zero attached hydrogens (tertiary/aromatic N) is 1. The van der Waals surface area contributed by atoms with Crippen molar-refractivity contribution in [3.63, 3.8) is 0 Å². The minimum absolute atomic E-state index is 0.263. The van der Waals surface area contributed by atoms with E-state index in [1.165, 1.54) is 0 Å². The Morgan fingerprint density at radius 2 is 2.31 bits per heavy atom. The zero-order valence-electron chi connectivity index (χ0n) is 9.85. The highest BCUT2D eigenvalue weighted by Crippen LogP contribution is 2.06. The van der Waals surface area contributed by atoms with E-state index in [0.717, 1.165) is 13.0 Å². The lowest BCUT2D eigenvalue weighted by Crippen LogP contribution is -2.41.